The molecule has 0 saturated heterocycles. The van der Waals surface area contributed by atoms with Crippen molar-refractivity contribution in [2.45, 2.75) is 33.6 Å². The molecule has 134 valence electrons. The molecule has 0 unspecified atom stereocenters. The predicted octanol–water partition coefficient (Wildman–Crippen LogP) is 3.92. The van der Waals surface area contributed by atoms with Crippen LogP contribution in [0.1, 0.15) is 41.6 Å². The first kappa shape index (κ1) is 18.7. The summed E-state index contributed by atoms with van der Waals surface area (Å²) in [7, 11) is 0. The maximum absolute atomic E-state index is 12.9. The number of aryl methyl sites for hydroxylation is 2. The molecule has 0 radical (unpaired) electrons. The third-order valence-corrected chi connectivity index (χ3v) is 3.79. The van der Waals surface area contributed by atoms with Gasteiger partial charge in [0.2, 0.25) is 5.91 Å². The second-order valence-electron chi connectivity index (χ2n) is 5.92. The number of furan rings is 1. The molecule has 0 spiro atoms. The van der Waals surface area contributed by atoms with E-state index >= 15 is 0 Å². The van der Waals surface area contributed by atoms with E-state index in [1.54, 1.807) is 24.8 Å². The summed E-state index contributed by atoms with van der Waals surface area (Å²) >= 11 is 0. The van der Waals surface area contributed by atoms with Crippen molar-refractivity contribution < 1.29 is 18.4 Å². The van der Waals surface area contributed by atoms with E-state index in [2.05, 4.69) is 5.32 Å². The second-order valence-corrected chi connectivity index (χ2v) is 5.92. The van der Waals surface area contributed by atoms with Crippen LogP contribution >= 0.6 is 0 Å². The van der Waals surface area contributed by atoms with Crippen LogP contribution in [-0.2, 0) is 4.79 Å². The largest absolute Gasteiger partial charge is 0.466 e. The van der Waals surface area contributed by atoms with Gasteiger partial charge in [-0.3, -0.25) is 9.59 Å². The first-order chi connectivity index (χ1) is 11.9. The summed E-state index contributed by atoms with van der Waals surface area (Å²) in [5.41, 5.74) is 1.06. The summed E-state index contributed by atoms with van der Waals surface area (Å²) in [4.78, 5) is 26.4. The highest BCUT2D eigenvalue weighted by atomic mass is 19.1. The van der Waals surface area contributed by atoms with Gasteiger partial charge in [0.05, 0.1) is 5.56 Å². The number of amides is 2. The average Bonchev–Trinajstić information content (AvgIpc) is 2.91. The lowest BCUT2D eigenvalue weighted by Crippen LogP contribution is -2.34. The molecule has 0 aliphatic rings. The van der Waals surface area contributed by atoms with Gasteiger partial charge in [0.15, 0.2) is 0 Å². The minimum atomic E-state index is -0.358. The van der Waals surface area contributed by atoms with Crippen LogP contribution in [0.4, 0.5) is 10.1 Å². The van der Waals surface area contributed by atoms with E-state index in [0.717, 1.165) is 6.42 Å². The van der Waals surface area contributed by atoms with Crippen LogP contribution in [-0.4, -0.2) is 29.8 Å². The molecular weight excluding hydrogens is 323 g/mol. The van der Waals surface area contributed by atoms with E-state index in [9.17, 15) is 14.0 Å². The molecular formula is C19H23FN2O3. The molecule has 0 bridgehead atoms. The molecule has 0 aliphatic heterocycles. The van der Waals surface area contributed by atoms with Gasteiger partial charge in [-0.05, 0) is 50.6 Å². The number of carbonyl (C=O) groups is 2. The van der Waals surface area contributed by atoms with Crippen molar-refractivity contribution in [1.82, 2.24) is 4.90 Å². The highest BCUT2D eigenvalue weighted by Crippen LogP contribution is 2.17. The van der Waals surface area contributed by atoms with Gasteiger partial charge >= 0.3 is 0 Å². The lowest BCUT2D eigenvalue weighted by Gasteiger charge is -2.21. The standard InChI is InChI=1S/C19H23FN2O3/c1-4-10-22(19(24)17-12-13(2)25-14(17)3)11-9-18(23)21-16-7-5-15(20)6-8-16/h5-8,12H,4,9-11H2,1-3H3,(H,21,23). The highest BCUT2D eigenvalue weighted by molar-refractivity contribution is 5.96. The van der Waals surface area contributed by atoms with Gasteiger partial charge in [-0.25, -0.2) is 4.39 Å². The Balaban J connectivity index is 1.96. The minimum Gasteiger partial charge on any atom is -0.466 e. The van der Waals surface area contributed by atoms with Crippen molar-refractivity contribution in [2.24, 2.45) is 0 Å². The summed E-state index contributed by atoms with van der Waals surface area (Å²) in [5.74, 6) is 0.556. The van der Waals surface area contributed by atoms with Crippen molar-refractivity contribution in [3.8, 4) is 0 Å². The maximum Gasteiger partial charge on any atom is 0.257 e. The Morgan fingerprint density at radius 2 is 1.84 bits per heavy atom. The van der Waals surface area contributed by atoms with E-state index in [1.807, 2.05) is 6.92 Å². The molecule has 0 atom stereocenters. The number of halogens is 1. The van der Waals surface area contributed by atoms with Gasteiger partial charge in [0.1, 0.15) is 17.3 Å². The molecule has 1 N–H and O–H groups in total. The lowest BCUT2D eigenvalue weighted by atomic mass is 10.2. The molecule has 0 saturated carbocycles. The summed E-state index contributed by atoms with van der Waals surface area (Å²) in [5, 5.41) is 2.70. The Bertz CT molecular complexity index is 738. The monoisotopic (exact) mass is 346 g/mol. The number of rotatable bonds is 7. The molecule has 2 aromatic rings. The van der Waals surface area contributed by atoms with Crippen LogP contribution in [0.15, 0.2) is 34.7 Å². The number of hydrogen-bond donors (Lipinski definition) is 1. The normalized spacial score (nSPS) is 10.6. The lowest BCUT2D eigenvalue weighted by molar-refractivity contribution is -0.116. The van der Waals surface area contributed by atoms with Crippen molar-refractivity contribution >= 4 is 17.5 Å². The number of nitrogens with zero attached hydrogens (tertiary/aromatic N) is 1. The highest BCUT2D eigenvalue weighted by Gasteiger charge is 2.20. The van der Waals surface area contributed by atoms with Crippen LogP contribution < -0.4 is 5.32 Å². The fraction of sp³-hybridized carbons (Fsp3) is 0.368. The zero-order valence-electron chi connectivity index (χ0n) is 14.8. The van der Waals surface area contributed by atoms with E-state index in [-0.39, 0.29) is 24.1 Å². The molecule has 5 nitrogen and oxygen atoms in total. The number of benzene rings is 1. The number of hydrogen-bond acceptors (Lipinski definition) is 3. The molecule has 1 aromatic carbocycles. The summed E-state index contributed by atoms with van der Waals surface area (Å²) in [6.45, 7) is 6.40. The average molecular weight is 346 g/mol. The predicted molar refractivity (Wildman–Crippen MR) is 94.0 cm³/mol. The third kappa shape index (κ3) is 5.17. The summed E-state index contributed by atoms with van der Waals surface area (Å²) in [6, 6.07) is 7.29. The molecule has 2 rings (SSSR count). The Morgan fingerprint density at radius 3 is 2.40 bits per heavy atom. The van der Waals surface area contributed by atoms with Crippen LogP contribution in [0.25, 0.3) is 0 Å². The van der Waals surface area contributed by atoms with Crippen molar-refractivity contribution in [1.29, 1.82) is 0 Å². The zero-order valence-corrected chi connectivity index (χ0v) is 14.8. The van der Waals surface area contributed by atoms with Crippen LogP contribution in [0.3, 0.4) is 0 Å². The molecule has 25 heavy (non-hydrogen) atoms. The van der Waals surface area contributed by atoms with Gasteiger partial charge in [0, 0.05) is 25.2 Å². The summed E-state index contributed by atoms with van der Waals surface area (Å²) in [6.07, 6.45) is 0.959. The van der Waals surface area contributed by atoms with E-state index in [1.165, 1.54) is 24.3 Å². The van der Waals surface area contributed by atoms with Crippen molar-refractivity contribution in [3.05, 3.63) is 53.2 Å². The van der Waals surface area contributed by atoms with E-state index < -0.39 is 0 Å². The van der Waals surface area contributed by atoms with Gasteiger partial charge < -0.3 is 14.6 Å². The number of anilines is 1. The van der Waals surface area contributed by atoms with Gasteiger partial charge in [0.25, 0.3) is 5.91 Å². The van der Waals surface area contributed by atoms with E-state index in [4.69, 9.17) is 4.42 Å². The Morgan fingerprint density at radius 1 is 1.16 bits per heavy atom. The SMILES string of the molecule is CCCN(CCC(=O)Nc1ccc(F)cc1)C(=O)c1cc(C)oc1C. The fourth-order valence-corrected chi connectivity index (χ4v) is 2.59. The topological polar surface area (TPSA) is 62.6 Å². The molecule has 1 heterocycles. The van der Waals surface area contributed by atoms with Crippen molar-refractivity contribution in [3.63, 3.8) is 0 Å². The first-order valence-corrected chi connectivity index (χ1v) is 8.32. The Kier molecular flexibility index (Phi) is 6.33. The van der Waals surface area contributed by atoms with Crippen LogP contribution in [0, 0.1) is 19.7 Å². The maximum atomic E-state index is 12.9. The van der Waals surface area contributed by atoms with Crippen LogP contribution in [0.5, 0.6) is 0 Å². The molecule has 2 amide bonds. The number of nitrogens with one attached hydrogen (secondary N) is 1. The molecule has 1 aromatic heterocycles. The molecule has 0 fully saturated rings. The third-order valence-electron chi connectivity index (χ3n) is 3.79. The van der Waals surface area contributed by atoms with E-state index in [0.29, 0.717) is 35.9 Å². The van der Waals surface area contributed by atoms with Crippen LogP contribution in [0.2, 0.25) is 0 Å². The smallest absolute Gasteiger partial charge is 0.257 e. The fourth-order valence-electron chi connectivity index (χ4n) is 2.59. The second kappa shape index (κ2) is 8.46. The van der Waals surface area contributed by atoms with Gasteiger partial charge in [-0.15, -0.1) is 0 Å². The zero-order chi connectivity index (χ0) is 18.4. The quantitative estimate of drug-likeness (QED) is 0.826. The summed E-state index contributed by atoms with van der Waals surface area (Å²) < 4.78 is 18.3. The van der Waals surface area contributed by atoms with Crippen molar-refractivity contribution in [2.75, 3.05) is 18.4 Å². The molecule has 6 heteroatoms. The minimum absolute atomic E-state index is 0.134. The molecule has 0 aliphatic carbocycles. The van der Waals surface area contributed by atoms with Gasteiger partial charge in [-0.1, -0.05) is 6.92 Å². The first-order valence-electron chi connectivity index (χ1n) is 8.32. The van der Waals surface area contributed by atoms with Gasteiger partial charge in [-0.2, -0.15) is 0 Å². The Labute approximate surface area is 146 Å². The number of carbonyl (C=O) groups excluding carboxylic acids is 2. The Hall–Kier alpha value is -2.63.